The summed E-state index contributed by atoms with van der Waals surface area (Å²) in [5.74, 6) is 1.33. The number of thiocarbonyl (C=S) groups is 1. The minimum absolute atomic E-state index is 0.392. The quantitative estimate of drug-likeness (QED) is 0.859. The van der Waals surface area contributed by atoms with Crippen molar-refractivity contribution < 1.29 is 4.74 Å². The second kappa shape index (κ2) is 5.45. The van der Waals surface area contributed by atoms with Gasteiger partial charge in [0, 0.05) is 5.69 Å². The second-order valence-electron chi connectivity index (χ2n) is 5.63. The smallest absolute Gasteiger partial charge is 0.224 e. The highest BCUT2D eigenvalue weighted by molar-refractivity contribution is 7.80. The van der Waals surface area contributed by atoms with Crippen molar-refractivity contribution in [2.75, 3.05) is 6.61 Å². The summed E-state index contributed by atoms with van der Waals surface area (Å²) in [6.45, 7) is 0.751. The monoisotopic (exact) mass is 276 g/mol. The number of aromatic nitrogens is 1. The van der Waals surface area contributed by atoms with Crippen molar-refractivity contribution in [3.05, 3.63) is 22.9 Å². The Morgan fingerprint density at radius 1 is 1.32 bits per heavy atom. The van der Waals surface area contributed by atoms with Crippen molar-refractivity contribution in [3.8, 4) is 5.88 Å². The number of hydrogen-bond acceptors (Lipinski definition) is 3. The molecule has 3 rings (SSSR count). The summed E-state index contributed by atoms with van der Waals surface area (Å²) in [6, 6.07) is 2.08. The summed E-state index contributed by atoms with van der Waals surface area (Å²) in [7, 11) is 0. The Balaban J connectivity index is 1.80. The molecule has 1 fully saturated rings. The molecule has 0 atom stereocenters. The molecule has 102 valence electrons. The molecule has 1 aromatic heterocycles. The molecule has 0 bridgehead atoms. The molecule has 3 nitrogen and oxygen atoms in total. The van der Waals surface area contributed by atoms with Gasteiger partial charge >= 0.3 is 0 Å². The molecule has 1 heterocycles. The predicted molar refractivity (Wildman–Crippen MR) is 79.6 cm³/mol. The topological polar surface area (TPSA) is 48.1 Å². The molecule has 0 spiro atoms. The highest BCUT2D eigenvalue weighted by Gasteiger charge is 2.20. The molecule has 1 saturated carbocycles. The van der Waals surface area contributed by atoms with E-state index in [2.05, 4.69) is 11.1 Å². The molecule has 0 saturated heterocycles. The number of ether oxygens (including phenoxy) is 1. The van der Waals surface area contributed by atoms with E-state index in [1.54, 1.807) is 0 Å². The van der Waals surface area contributed by atoms with E-state index in [-0.39, 0.29) is 0 Å². The summed E-state index contributed by atoms with van der Waals surface area (Å²) >= 11 is 5.13. The first-order chi connectivity index (χ1) is 9.24. The normalized spacial score (nSPS) is 18.5. The number of aryl methyl sites for hydroxylation is 2. The zero-order valence-corrected chi connectivity index (χ0v) is 12.0. The summed E-state index contributed by atoms with van der Waals surface area (Å²) < 4.78 is 5.93. The lowest BCUT2D eigenvalue weighted by molar-refractivity contribution is 0.242. The maximum absolute atomic E-state index is 5.93. The third-order valence-corrected chi connectivity index (χ3v) is 4.43. The maximum atomic E-state index is 5.93. The highest BCUT2D eigenvalue weighted by Crippen LogP contribution is 2.29. The van der Waals surface area contributed by atoms with Gasteiger partial charge in [-0.3, -0.25) is 0 Å². The first-order valence-corrected chi connectivity index (χ1v) is 7.60. The van der Waals surface area contributed by atoms with E-state index in [4.69, 9.17) is 22.7 Å². The first-order valence-electron chi connectivity index (χ1n) is 7.19. The molecular formula is C15H20N2OS. The average molecular weight is 276 g/mol. The average Bonchev–Trinajstić information content (AvgIpc) is 3.05. The Bertz CT molecular complexity index is 495. The lowest BCUT2D eigenvalue weighted by atomic mass is 10.1. The van der Waals surface area contributed by atoms with Gasteiger partial charge in [-0.25, -0.2) is 4.98 Å². The van der Waals surface area contributed by atoms with E-state index in [1.807, 2.05) is 0 Å². The fourth-order valence-corrected chi connectivity index (χ4v) is 3.26. The molecule has 0 radical (unpaired) electrons. The van der Waals surface area contributed by atoms with Crippen molar-refractivity contribution >= 4 is 17.2 Å². The van der Waals surface area contributed by atoms with E-state index in [0.29, 0.717) is 16.8 Å². The zero-order chi connectivity index (χ0) is 13.2. The Morgan fingerprint density at radius 3 is 2.84 bits per heavy atom. The fourth-order valence-electron chi connectivity index (χ4n) is 3.11. The maximum Gasteiger partial charge on any atom is 0.224 e. The Morgan fingerprint density at radius 2 is 2.11 bits per heavy atom. The van der Waals surface area contributed by atoms with Crippen molar-refractivity contribution in [2.24, 2.45) is 11.7 Å². The van der Waals surface area contributed by atoms with Crippen molar-refractivity contribution in [1.29, 1.82) is 0 Å². The minimum atomic E-state index is 0.392. The van der Waals surface area contributed by atoms with Gasteiger partial charge in [-0.15, -0.1) is 0 Å². The van der Waals surface area contributed by atoms with Crippen LogP contribution in [-0.4, -0.2) is 16.6 Å². The van der Waals surface area contributed by atoms with Crippen LogP contribution < -0.4 is 10.5 Å². The third-order valence-electron chi connectivity index (χ3n) is 4.21. The van der Waals surface area contributed by atoms with Gasteiger partial charge in [0.05, 0.1) is 12.2 Å². The second-order valence-corrected chi connectivity index (χ2v) is 6.07. The standard InChI is InChI=1S/C15H20N2OS/c16-14(19)12-8-11-6-3-7-13(11)17-15(12)18-9-10-4-1-2-5-10/h8,10H,1-7,9H2,(H2,16,19). The summed E-state index contributed by atoms with van der Waals surface area (Å²) in [6.07, 6.45) is 8.50. The molecule has 0 unspecified atom stereocenters. The van der Waals surface area contributed by atoms with E-state index in [9.17, 15) is 0 Å². The van der Waals surface area contributed by atoms with E-state index >= 15 is 0 Å². The lowest BCUT2D eigenvalue weighted by Gasteiger charge is -2.14. The number of nitrogens with zero attached hydrogens (tertiary/aromatic N) is 1. The predicted octanol–water partition coefficient (Wildman–Crippen LogP) is 2.77. The van der Waals surface area contributed by atoms with Gasteiger partial charge in [-0.2, -0.15) is 0 Å². The molecular weight excluding hydrogens is 256 g/mol. The van der Waals surface area contributed by atoms with Crippen molar-refractivity contribution in [1.82, 2.24) is 4.98 Å². The van der Waals surface area contributed by atoms with Crippen LogP contribution in [0.4, 0.5) is 0 Å². The van der Waals surface area contributed by atoms with Crippen LogP contribution in [0.1, 0.15) is 48.9 Å². The first kappa shape index (κ1) is 12.9. The minimum Gasteiger partial charge on any atom is -0.477 e. The van der Waals surface area contributed by atoms with Crippen LogP contribution >= 0.6 is 12.2 Å². The van der Waals surface area contributed by atoms with E-state index in [0.717, 1.165) is 25.0 Å². The molecule has 0 aliphatic heterocycles. The van der Waals surface area contributed by atoms with Gasteiger partial charge in [0.25, 0.3) is 0 Å². The molecule has 19 heavy (non-hydrogen) atoms. The van der Waals surface area contributed by atoms with Gasteiger partial charge in [0.15, 0.2) is 0 Å². The SMILES string of the molecule is NC(=S)c1cc2c(nc1OCC1CCCC1)CCC2. The van der Waals surface area contributed by atoms with Gasteiger partial charge < -0.3 is 10.5 Å². The Kier molecular flexibility index (Phi) is 3.69. The largest absolute Gasteiger partial charge is 0.477 e. The van der Waals surface area contributed by atoms with Gasteiger partial charge in [-0.1, -0.05) is 25.1 Å². The van der Waals surface area contributed by atoms with Crippen LogP contribution in [0.2, 0.25) is 0 Å². The van der Waals surface area contributed by atoms with Crippen LogP contribution in [0, 0.1) is 5.92 Å². The van der Waals surface area contributed by atoms with Crippen molar-refractivity contribution in [2.45, 2.75) is 44.9 Å². The van der Waals surface area contributed by atoms with Gasteiger partial charge in [0.1, 0.15) is 4.99 Å². The van der Waals surface area contributed by atoms with Gasteiger partial charge in [-0.05, 0) is 49.7 Å². The number of rotatable bonds is 4. The van der Waals surface area contributed by atoms with Crippen LogP contribution in [-0.2, 0) is 12.8 Å². The molecule has 2 aliphatic rings. The van der Waals surface area contributed by atoms with E-state index in [1.165, 1.54) is 43.4 Å². The molecule has 2 aliphatic carbocycles. The number of nitrogens with two attached hydrogens (primary N) is 1. The third kappa shape index (κ3) is 2.73. The van der Waals surface area contributed by atoms with E-state index < -0.39 is 0 Å². The summed E-state index contributed by atoms with van der Waals surface area (Å²) in [4.78, 5) is 5.04. The Hall–Kier alpha value is -1.16. The van der Waals surface area contributed by atoms with Crippen LogP contribution in [0.25, 0.3) is 0 Å². The Labute approximate surface area is 119 Å². The summed E-state index contributed by atoms with van der Waals surface area (Å²) in [5.41, 5.74) is 9.07. The van der Waals surface area contributed by atoms with Crippen molar-refractivity contribution in [3.63, 3.8) is 0 Å². The van der Waals surface area contributed by atoms with Crippen LogP contribution in [0.3, 0.4) is 0 Å². The number of hydrogen-bond donors (Lipinski definition) is 1. The zero-order valence-electron chi connectivity index (χ0n) is 11.2. The molecule has 4 heteroatoms. The van der Waals surface area contributed by atoms with Gasteiger partial charge in [0.2, 0.25) is 5.88 Å². The highest BCUT2D eigenvalue weighted by atomic mass is 32.1. The molecule has 1 aromatic rings. The fraction of sp³-hybridized carbons (Fsp3) is 0.600. The molecule has 2 N–H and O–H groups in total. The molecule has 0 amide bonds. The van der Waals surface area contributed by atoms with Crippen LogP contribution in [0.15, 0.2) is 6.07 Å². The summed E-state index contributed by atoms with van der Waals surface area (Å²) in [5, 5.41) is 0. The number of fused-ring (bicyclic) bond motifs is 1. The lowest BCUT2D eigenvalue weighted by Crippen LogP contribution is -2.16. The number of pyridine rings is 1. The van der Waals surface area contributed by atoms with Crippen LogP contribution in [0.5, 0.6) is 5.88 Å². The molecule has 0 aromatic carbocycles.